The molecule has 33 heavy (non-hydrogen) atoms. The Balaban J connectivity index is 1.59. The fourth-order valence-electron chi connectivity index (χ4n) is 4.26. The Kier molecular flexibility index (Phi) is 8.35. The number of fused-ring (bicyclic) bond motifs is 1. The van der Waals surface area contributed by atoms with E-state index >= 15 is 0 Å². The van der Waals surface area contributed by atoms with Crippen LogP contribution in [-0.4, -0.2) is 69.7 Å². The second-order valence-corrected chi connectivity index (χ2v) is 9.77. The molecule has 3 rings (SSSR count). The van der Waals surface area contributed by atoms with Gasteiger partial charge in [-0.25, -0.2) is 9.78 Å². The lowest BCUT2D eigenvalue weighted by molar-refractivity contribution is -0.117. The smallest absolute Gasteiger partial charge is 0.410 e. The average Bonchev–Trinajstić information content (AvgIpc) is 3.10. The SMILES string of the molecule is CCN(CC)CCn1c(NC(=O)CC2CCN(C(=O)OC(C)(C)C)CC2)nc2ccccc21. The standard InChI is InChI=1S/C25H39N5O3/c1-6-28(7-2)16-17-30-21-11-9-8-10-20(21)26-23(30)27-22(31)18-19-12-14-29(15-13-19)24(32)33-25(3,4)5/h8-11,19H,6-7,12-18H2,1-5H3,(H,26,27,31). The summed E-state index contributed by atoms with van der Waals surface area (Å²) in [5, 5.41) is 3.06. The van der Waals surface area contributed by atoms with Crippen LogP contribution in [0.4, 0.5) is 10.7 Å². The number of nitrogens with zero attached hydrogens (tertiary/aromatic N) is 4. The number of hydrogen-bond acceptors (Lipinski definition) is 5. The summed E-state index contributed by atoms with van der Waals surface area (Å²) in [7, 11) is 0. The topological polar surface area (TPSA) is 79.7 Å². The third-order valence-corrected chi connectivity index (χ3v) is 6.18. The third kappa shape index (κ3) is 6.93. The molecule has 0 spiro atoms. The Morgan fingerprint density at radius 3 is 2.45 bits per heavy atom. The minimum Gasteiger partial charge on any atom is -0.444 e. The van der Waals surface area contributed by atoms with Crippen LogP contribution in [-0.2, 0) is 16.1 Å². The molecule has 0 radical (unpaired) electrons. The van der Waals surface area contributed by atoms with Crippen LogP contribution in [0.3, 0.4) is 0 Å². The van der Waals surface area contributed by atoms with Crippen molar-refractivity contribution in [1.82, 2.24) is 19.4 Å². The number of rotatable bonds is 8. The molecule has 0 saturated carbocycles. The van der Waals surface area contributed by atoms with Crippen molar-refractivity contribution in [3.8, 4) is 0 Å². The van der Waals surface area contributed by atoms with Crippen LogP contribution in [0.15, 0.2) is 24.3 Å². The lowest BCUT2D eigenvalue weighted by Gasteiger charge is -2.33. The Morgan fingerprint density at radius 1 is 1.15 bits per heavy atom. The summed E-state index contributed by atoms with van der Waals surface area (Å²) < 4.78 is 7.57. The zero-order valence-electron chi connectivity index (χ0n) is 20.8. The molecular weight excluding hydrogens is 418 g/mol. The van der Waals surface area contributed by atoms with Crippen LogP contribution in [0.5, 0.6) is 0 Å². The second kappa shape index (κ2) is 11.0. The van der Waals surface area contributed by atoms with E-state index in [-0.39, 0.29) is 17.9 Å². The van der Waals surface area contributed by atoms with Gasteiger partial charge in [-0.05, 0) is 64.8 Å². The molecule has 0 aliphatic carbocycles. The van der Waals surface area contributed by atoms with E-state index in [0.29, 0.717) is 25.5 Å². The zero-order chi connectivity index (χ0) is 24.0. The van der Waals surface area contributed by atoms with E-state index in [4.69, 9.17) is 4.74 Å². The molecule has 1 fully saturated rings. The fourth-order valence-corrected chi connectivity index (χ4v) is 4.26. The highest BCUT2D eigenvalue weighted by Crippen LogP contribution is 2.24. The first kappa shape index (κ1) is 25.0. The van der Waals surface area contributed by atoms with Crippen molar-refractivity contribution < 1.29 is 14.3 Å². The minimum atomic E-state index is -0.495. The molecule has 0 bridgehead atoms. The van der Waals surface area contributed by atoms with Crippen molar-refractivity contribution in [3.63, 3.8) is 0 Å². The van der Waals surface area contributed by atoms with Gasteiger partial charge in [0.25, 0.3) is 0 Å². The summed E-state index contributed by atoms with van der Waals surface area (Å²) in [5.41, 5.74) is 1.42. The summed E-state index contributed by atoms with van der Waals surface area (Å²) >= 11 is 0. The van der Waals surface area contributed by atoms with Crippen LogP contribution in [0.1, 0.15) is 53.9 Å². The molecular formula is C25H39N5O3. The third-order valence-electron chi connectivity index (χ3n) is 6.18. The average molecular weight is 458 g/mol. The first-order valence-electron chi connectivity index (χ1n) is 12.2. The van der Waals surface area contributed by atoms with Crippen molar-refractivity contribution in [2.75, 3.05) is 38.0 Å². The van der Waals surface area contributed by atoms with Gasteiger partial charge >= 0.3 is 6.09 Å². The first-order chi connectivity index (χ1) is 15.7. The molecule has 8 heteroatoms. The highest BCUT2D eigenvalue weighted by atomic mass is 16.6. The molecule has 1 aromatic heterocycles. The van der Waals surface area contributed by atoms with Crippen molar-refractivity contribution >= 4 is 29.0 Å². The van der Waals surface area contributed by atoms with E-state index in [1.54, 1.807) is 4.90 Å². The second-order valence-electron chi connectivity index (χ2n) is 9.77. The number of amides is 2. The molecule has 1 aliphatic heterocycles. The number of para-hydroxylation sites is 2. The maximum atomic E-state index is 12.9. The van der Waals surface area contributed by atoms with Gasteiger partial charge in [-0.15, -0.1) is 0 Å². The van der Waals surface area contributed by atoms with Crippen LogP contribution in [0.2, 0.25) is 0 Å². The first-order valence-corrected chi connectivity index (χ1v) is 12.2. The molecule has 1 aliphatic rings. The number of carbonyl (C=O) groups excluding carboxylic acids is 2. The van der Waals surface area contributed by atoms with E-state index < -0.39 is 5.60 Å². The highest BCUT2D eigenvalue weighted by Gasteiger charge is 2.28. The number of hydrogen-bond donors (Lipinski definition) is 1. The molecule has 2 heterocycles. The molecule has 1 aromatic carbocycles. The maximum absolute atomic E-state index is 12.9. The highest BCUT2D eigenvalue weighted by molar-refractivity contribution is 5.91. The predicted molar refractivity (Wildman–Crippen MR) is 131 cm³/mol. The molecule has 2 aromatic rings. The van der Waals surface area contributed by atoms with Crippen molar-refractivity contribution in [1.29, 1.82) is 0 Å². The minimum absolute atomic E-state index is 0.0230. The Hall–Kier alpha value is -2.61. The van der Waals surface area contributed by atoms with E-state index in [9.17, 15) is 9.59 Å². The monoisotopic (exact) mass is 457 g/mol. The van der Waals surface area contributed by atoms with E-state index in [1.165, 1.54) is 0 Å². The predicted octanol–water partition coefficient (Wildman–Crippen LogP) is 4.35. The van der Waals surface area contributed by atoms with E-state index in [2.05, 4.69) is 33.6 Å². The van der Waals surface area contributed by atoms with Crippen LogP contribution >= 0.6 is 0 Å². The summed E-state index contributed by atoms with van der Waals surface area (Å²) in [4.78, 5) is 33.9. The lowest BCUT2D eigenvalue weighted by Crippen LogP contribution is -2.42. The fraction of sp³-hybridized carbons (Fsp3) is 0.640. The van der Waals surface area contributed by atoms with Crippen LogP contribution in [0, 0.1) is 5.92 Å². The number of benzene rings is 1. The van der Waals surface area contributed by atoms with Crippen molar-refractivity contribution in [3.05, 3.63) is 24.3 Å². The summed E-state index contributed by atoms with van der Waals surface area (Å²) in [5.74, 6) is 0.835. The number of likely N-dealkylation sites (N-methyl/N-ethyl adjacent to an activating group) is 1. The van der Waals surface area contributed by atoms with E-state index in [1.807, 2.05) is 45.0 Å². The summed E-state index contributed by atoms with van der Waals surface area (Å²) in [6.07, 6.45) is 1.75. The van der Waals surface area contributed by atoms with Gasteiger partial charge in [0.15, 0.2) is 0 Å². The quantitative estimate of drug-likeness (QED) is 0.637. The maximum Gasteiger partial charge on any atom is 0.410 e. The Morgan fingerprint density at radius 2 is 1.82 bits per heavy atom. The van der Waals surface area contributed by atoms with Crippen LogP contribution in [0.25, 0.3) is 11.0 Å². The van der Waals surface area contributed by atoms with Gasteiger partial charge in [-0.1, -0.05) is 26.0 Å². The molecule has 0 unspecified atom stereocenters. The number of imidazole rings is 1. The van der Waals surface area contributed by atoms with E-state index in [0.717, 1.165) is 50.1 Å². The van der Waals surface area contributed by atoms with Gasteiger partial charge in [0.2, 0.25) is 11.9 Å². The van der Waals surface area contributed by atoms with Gasteiger partial charge in [0.1, 0.15) is 5.60 Å². The number of likely N-dealkylation sites (tertiary alicyclic amines) is 1. The van der Waals surface area contributed by atoms with Gasteiger partial charge in [0, 0.05) is 32.6 Å². The van der Waals surface area contributed by atoms with Crippen LogP contribution < -0.4 is 5.32 Å². The summed E-state index contributed by atoms with van der Waals surface area (Å²) in [6.45, 7) is 14.8. The van der Waals surface area contributed by atoms with Gasteiger partial charge < -0.3 is 19.1 Å². The van der Waals surface area contributed by atoms with Gasteiger partial charge in [-0.3, -0.25) is 10.1 Å². The Bertz CT molecular complexity index is 937. The molecule has 0 atom stereocenters. The van der Waals surface area contributed by atoms with Gasteiger partial charge in [0.05, 0.1) is 11.0 Å². The van der Waals surface area contributed by atoms with Gasteiger partial charge in [-0.2, -0.15) is 0 Å². The molecule has 2 amide bonds. The number of anilines is 1. The molecule has 182 valence electrons. The number of nitrogens with one attached hydrogen (secondary N) is 1. The zero-order valence-corrected chi connectivity index (χ0v) is 20.8. The number of piperidine rings is 1. The van der Waals surface area contributed by atoms with Crippen molar-refractivity contribution in [2.45, 2.75) is 66.0 Å². The Labute approximate surface area is 197 Å². The number of carbonyl (C=O) groups is 2. The van der Waals surface area contributed by atoms with Crippen molar-refractivity contribution in [2.24, 2.45) is 5.92 Å². The largest absolute Gasteiger partial charge is 0.444 e. The number of aromatic nitrogens is 2. The molecule has 1 N–H and O–H groups in total. The normalized spacial score (nSPS) is 15.3. The molecule has 1 saturated heterocycles. The lowest BCUT2D eigenvalue weighted by atomic mass is 9.93. The molecule has 8 nitrogen and oxygen atoms in total. The summed E-state index contributed by atoms with van der Waals surface area (Å²) in [6, 6.07) is 7.99. The number of ether oxygens (including phenoxy) is 1.